The number of rotatable bonds is 8. The number of carbonyl (C=O) groups is 1. The van der Waals surface area contributed by atoms with Crippen LogP contribution in [0.2, 0.25) is 0 Å². The first-order chi connectivity index (χ1) is 15.9. The summed E-state index contributed by atoms with van der Waals surface area (Å²) in [6, 6.07) is 8.69. The Hall–Kier alpha value is -3.30. The molecule has 4 rings (SSSR count). The molecule has 11 heteroatoms. The minimum absolute atomic E-state index is 0.0522. The van der Waals surface area contributed by atoms with Crippen LogP contribution in [0.3, 0.4) is 0 Å². The van der Waals surface area contributed by atoms with Crippen LogP contribution in [0.4, 0.5) is 5.82 Å². The lowest BCUT2D eigenvalue weighted by Gasteiger charge is -2.35. The molecular weight excluding hydrogens is 430 g/mol. The van der Waals surface area contributed by atoms with Gasteiger partial charge in [0.1, 0.15) is 24.1 Å². The van der Waals surface area contributed by atoms with E-state index in [0.29, 0.717) is 30.4 Å². The molecule has 1 aliphatic carbocycles. The molecule has 0 unspecified atom stereocenters. The van der Waals surface area contributed by atoms with Gasteiger partial charge in [-0.25, -0.2) is 10.5 Å². The molecule has 0 radical (unpaired) electrons. The SMILES string of the molecule is N#Cc1cccc(-c2nc(N)c(C(=O)NOCC3(O)CCC3)c(O[C@H]3CO[C@H](CO)C3)n2)c1. The number of hydroxylamine groups is 1. The molecule has 1 saturated carbocycles. The van der Waals surface area contributed by atoms with Gasteiger partial charge in [0, 0.05) is 12.0 Å². The predicted octanol–water partition coefficient (Wildman–Crippen LogP) is 0.702. The van der Waals surface area contributed by atoms with E-state index in [0.717, 1.165) is 6.42 Å². The number of nitrogen functional groups attached to an aromatic ring is 1. The zero-order valence-electron chi connectivity index (χ0n) is 17.9. The van der Waals surface area contributed by atoms with Gasteiger partial charge in [-0.2, -0.15) is 10.2 Å². The quantitative estimate of drug-likeness (QED) is 0.415. The van der Waals surface area contributed by atoms with Crippen molar-refractivity contribution in [3.8, 4) is 23.3 Å². The predicted molar refractivity (Wildman–Crippen MR) is 115 cm³/mol. The smallest absolute Gasteiger partial charge is 0.284 e. The van der Waals surface area contributed by atoms with Gasteiger partial charge in [-0.05, 0) is 31.4 Å². The second kappa shape index (κ2) is 9.68. The zero-order chi connectivity index (χ0) is 23.4. The lowest BCUT2D eigenvalue weighted by molar-refractivity contribution is -0.113. The number of nitrogens with zero attached hydrogens (tertiary/aromatic N) is 3. The third-order valence-corrected chi connectivity index (χ3v) is 5.70. The number of aliphatic hydroxyl groups is 2. The number of hydrogen-bond acceptors (Lipinski definition) is 10. The second-order valence-corrected chi connectivity index (χ2v) is 8.22. The molecule has 2 heterocycles. The maximum absolute atomic E-state index is 12.8. The van der Waals surface area contributed by atoms with E-state index in [1.165, 1.54) is 0 Å². The van der Waals surface area contributed by atoms with Gasteiger partial charge in [-0.1, -0.05) is 12.1 Å². The van der Waals surface area contributed by atoms with Gasteiger partial charge < -0.3 is 25.4 Å². The fraction of sp³-hybridized carbons (Fsp3) is 0.455. The first kappa shape index (κ1) is 22.9. The van der Waals surface area contributed by atoms with Crippen molar-refractivity contribution in [2.45, 2.75) is 43.5 Å². The van der Waals surface area contributed by atoms with Crippen LogP contribution in [-0.4, -0.2) is 63.7 Å². The van der Waals surface area contributed by atoms with E-state index in [4.69, 9.17) is 20.0 Å². The summed E-state index contributed by atoms with van der Waals surface area (Å²) in [6.07, 6.45) is 1.69. The number of nitrogens with one attached hydrogen (secondary N) is 1. The molecule has 0 bridgehead atoms. The van der Waals surface area contributed by atoms with Gasteiger partial charge in [0.2, 0.25) is 5.88 Å². The summed E-state index contributed by atoms with van der Waals surface area (Å²) in [5.41, 5.74) is 8.27. The van der Waals surface area contributed by atoms with E-state index in [-0.39, 0.29) is 49.0 Å². The summed E-state index contributed by atoms with van der Waals surface area (Å²) >= 11 is 0. The van der Waals surface area contributed by atoms with Crippen molar-refractivity contribution >= 4 is 11.7 Å². The third kappa shape index (κ3) is 5.20. The summed E-state index contributed by atoms with van der Waals surface area (Å²) in [5.74, 6) is -0.757. The second-order valence-electron chi connectivity index (χ2n) is 8.22. The maximum atomic E-state index is 12.8. The Kier molecular flexibility index (Phi) is 6.71. The highest BCUT2D eigenvalue weighted by atomic mass is 16.7. The van der Waals surface area contributed by atoms with E-state index < -0.39 is 17.6 Å². The Morgan fingerprint density at radius 2 is 2.21 bits per heavy atom. The summed E-state index contributed by atoms with van der Waals surface area (Å²) in [4.78, 5) is 26.7. The average Bonchev–Trinajstić information content (AvgIpc) is 3.25. The average molecular weight is 455 g/mol. The summed E-state index contributed by atoms with van der Waals surface area (Å²) < 4.78 is 11.4. The van der Waals surface area contributed by atoms with Crippen molar-refractivity contribution in [1.29, 1.82) is 5.26 Å². The summed E-state index contributed by atoms with van der Waals surface area (Å²) in [6.45, 7) is 0.00438. The summed E-state index contributed by atoms with van der Waals surface area (Å²) in [5, 5.41) is 28.6. The topological polar surface area (TPSA) is 173 Å². The number of carbonyl (C=O) groups excluding carboxylic acids is 1. The maximum Gasteiger partial charge on any atom is 0.284 e. The monoisotopic (exact) mass is 455 g/mol. The van der Waals surface area contributed by atoms with Crippen LogP contribution in [0.1, 0.15) is 41.6 Å². The highest BCUT2D eigenvalue weighted by Crippen LogP contribution is 2.32. The normalized spacial score (nSPS) is 21.1. The number of hydrogen-bond donors (Lipinski definition) is 4. The molecule has 0 spiro atoms. The molecule has 5 N–H and O–H groups in total. The van der Waals surface area contributed by atoms with Crippen LogP contribution in [0.15, 0.2) is 24.3 Å². The van der Waals surface area contributed by atoms with Gasteiger partial charge in [-0.15, -0.1) is 0 Å². The first-order valence-electron chi connectivity index (χ1n) is 10.6. The molecule has 174 valence electrons. The Morgan fingerprint density at radius 3 is 2.88 bits per heavy atom. The van der Waals surface area contributed by atoms with Crippen molar-refractivity contribution in [1.82, 2.24) is 15.4 Å². The molecule has 1 amide bonds. The number of benzene rings is 1. The van der Waals surface area contributed by atoms with Crippen LogP contribution in [0.5, 0.6) is 5.88 Å². The molecule has 2 aromatic rings. The minimum atomic E-state index is -0.940. The molecular formula is C22H25N5O6. The van der Waals surface area contributed by atoms with E-state index in [1.807, 2.05) is 0 Å². The zero-order valence-corrected chi connectivity index (χ0v) is 17.9. The molecule has 1 saturated heterocycles. The molecule has 1 aromatic carbocycles. The number of ether oxygens (including phenoxy) is 2. The van der Waals surface area contributed by atoms with E-state index in [9.17, 15) is 20.3 Å². The van der Waals surface area contributed by atoms with Crippen molar-refractivity contribution in [2.75, 3.05) is 25.6 Å². The third-order valence-electron chi connectivity index (χ3n) is 5.70. The van der Waals surface area contributed by atoms with Crippen molar-refractivity contribution < 1.29 is 29.3 Å². The minimum Gasteiger partial charge on any atom is -0.471 e. The van der Waals surface area contributed by atoms with E-state index >= 15 is 0 Å². The van der Waals surface area contributed by atoms with E-state index in [1.54, 1.807) is 24.3 Å². The number of aliphatic hydroxyl groups excluding tert-OH is 1. The van der Waals surface area contributed by atoms with Gasteiger partial charge in [0.05, 0.1) is 36.6 Å². The number of nitrogens with two attached hydrogens (primary N) is 1. The van der Waals surface area contributed by atoms with Crippen molar-refractivity contribution in [3.63, 3.8) is 0 Å². The van der Waals surface area contributed by atoms with Crippen LogP contribution in [0.25, 0.3) is 11.4 Å². The number of anilines is 1. The largest absolute Gasteiger partial charge is 0.471 e. The number of nitriles is 1. The van der Waals surface area contributed by atoms with Gasteiger partial charge >= 0.3 is 0 Å². The molecule has 2 aliphatic rings. The molecule has 33 heavy (non-hydrogen) atoms. The van der Waals surface area contributed by atoms with Gasteiger partial charge in [-0.3, -0.25) is 9.63 Å². The van der Waals surface area contributed by atoms with Crippen LogP contribution in [-0.2, 0) is 9.57 Å². The fourth-order valence-corrected chi connectivity index (χ4v) is 3.67. The van der Waals surface area contributed by atoms with Gasteiger partial charge in [0.25, 0.3) is 5.91 Å². The lowest BCUT2D eigenvalue weighted by atomic mass is 9.81. The van der Waals surface area contributed by atoms with Crippen molar-refractivity contribution in [3.05, 3.63) is 35.4 Å². The molecule has 1 aromatic heterocycles. The summed E-state index contributed by atoms with van der Waals surface area (Å²) in [7, 11) is 0. The number of aromatic nitrogens is 2. The number of amides is 1. The van der Waals surface area contributed by atoms with Crippen LogP contribution < -0.4 is 16.0 Å². The Bertz CT molecular complexity index is 1070. The van der Waals surface area contributed by atoms with Crippen LogP contribution in [0, 0.1) is 11.3 Å². The van der Waals surface area contributed by atoms with Crippen LogP contribution >= 0.6 is 0 Å². The fourth-order valence-electron chi connectivity index (χ4n) is 3.67. The Morgan fingerprint density at radius 1 is 1.39 bits per heavy atom. The molecule has 2 atom stereocenters. The first-order valence-corrected chi connectivity index (χ1v) is 10.6. The van der Waals surface area contributed by atoms with Crippen molar-refractivity contribution in [2.24, 2.45) is 0 Å². The lowest BCUT2D eigenvalue weighted by Crippen LogP contribution is -2.44. The highest BCUT2D eigenvalue weighted by Gasteiger charge is 2.35. The highest BCUT2D eigenvalue weighted by molar-refractivity contribution is 6.00. The molecule has 2 fully saturated rings. The molecule has 11 nitrogen and oxygen atoms in total. The Labute approximate surface area is 190 Å². The molecule has 1 aliphatic heterocycles. The standard InChI is InChI=1S/C22H25N5O6/c23-9-13-3-1-4-14(7-13)19-25-18(24)17(20(29)27-32-12-22(30)5-2-6-22)21(26-19)33-16-8-15(10-28)31-11-16/h1,3-4,7,15-16,28,30H,2,5-6,8,10-12H2,(H,27,29)(H2,24,25,26)/t15-,16+/m0/s1. The van der Waals surface area contributed by atoms with Gasteiger partial charge in [0.15, 0.2) is 5.82 Å². The van der Waals surface area contributed by atoms with E-state index in [2.05, 4.69) is 21.5 Å². The Balaban J connectivity index is 1.60.